The lowest BCUT2D eigenvalue weighted by Crippen LogP contribution is -2.29. The molecular formula is C16H12O13. The van der Waals surface area contributed by atoms with Crippen LogP contribution in [0.4, 0.5) is 0 Å². The zero-order chi connectivity index (χ0) is 22.6. The molecule has 0 heterocycles. The summed E-state index contributed by atoms with van der Waals surface area (Å²) in [6, 6.07) is 0. The Morgan fingerprint density at radius 1 is 0.586 bits per heavy atom. The topological polar surface area (TPSA) is 230 Å². The molecule has 0 saturated carbocycles. The van der Waals surface area contributed by atoms with Gasteiger partial charge in [-0.3, -0.25) is 4.79 Å². The van der Waals surface area contributed by atoms with Gasteiger partial charge in [-0.05, 0) is 6.42 Å². The summed E-state index contributed by atoms with van der Waals surface area (Å²) in [5, 5.41) is 46.4. The second-order valence-electron chi connectivity index (χ2n) is 5.29. The van der Waals surface area contributed by atoms with Crippen molar-refractivity contribution in [3.63, 3.8) is 0 Å². The Balaban J connectivity index is 4.26. The van der Waals surface area contributed by atoms with E-state index in [2.05, 4.69) is 4.74 Å². The highest BCUT2D eigenvalue weighted by Crippen LogP contribution is 2.30. The fourth-order valence-corrected chi connectivity index (χ4v) is 2.43. The van der Waals surface area contributed by atoms with E-state index in [1.165, 1.54) is 6.92 Å². The first-order chi connectivity index (χ1) is 13.4. The van der Waals surface area contributed by atoms with Crippen molar-refractivity contribution in [2.24, 2.45) is 0 Å². The lowest BCUT2D eigenvalue weighted by molar-refractivity contribution is -0.138. The summed E-state index contributed by atoms with van der Waals surface area (Å²) in [5.41, 5.74) is -9.88. The van der Waals surface area contributed by atoms with E-state index < -0.39 is 75.2 Å². The van der Waals surface area contributed by atoms with E-state index in [1.54, 1.807) is 0 Å². The lowest BCUT2D eigenvalue weighted by Gasteiger charge is -2.17. The average Bonchev–Trinajstić information content (AvgIpc) is 2.58. The van der Waals surface area contributed by atoms with Crippen molar-refractivity contribution in [3.8, 4) is 0 Å². The molecule has 1 aromatic carbocycles. The number of carboxylic acid groups (broad SMARTS) is 5. The standard InChI is InChI=1S/C16H12O13/c1-2-3-4(17)29-16(28)10-8(14(24)25)6(12(20)21)5(11(18)19)7(13(22)23)9(10)15(26)27/h2-3H2,1H3,(H,18,19)(H,20,21)(H,22,23)(H,24,25)(H,26,27). The second-order valence-corrected chi connectivity index (χ2v) is 5.29. The van der Waals surface area contributed by atoms with Crippen LogP contribution in [0.2, 0.25) is 0 Å². The van der Waals surface area contributed by atoms with Gasteiger partial charge in [-0.1, -0.05) is 6.92 Å². The number of esters is 2. The molecule has 0 amide bonds. The summed E-state index contributed by atoms with van der Waals surface area (Å²) in [6.45, 7) is 1.50. The SMILES string of the molecule is CCCC(=O)OC(=O)c1c(C(=O)O)c(C(=O)O)c(C(=O)O)c(C(=O)O)c1C(=O)O. The normalized spacial score (nSPS) is 10.1. The van der Waals surface area contributed by atoms with E-state index in [0.717, 1.165) is 0 Å². The van der Waals surface area contributed by atoms with Crippen LogP contribution >= 0.6 is 0 Å². The third-order valence-electron chi connectivity index (χ3n) is 3.43. The summed E-state index contributed by atoms with van der Waals surface area (Å²) in [5.74, 6) is -14.5. The first-order valence-electron chi connectivity index (χ1n) is 7.52. The fourth-order valence-electron chi connectivity index (χ4n) is 2.43. The Hall–Kier alpha value is -4.29. The number of carboxylic acids is 5. The second kappa shape index (κ2) is 8.60. The van der Waals surface area contributed by atoms with Crippen molar-refractivity contribution in [3.05, 3.63) is 33.4 Å². The first-order valence-corrected chi connectivity index (χ1v) is 7.52. The Labute approximate surface area is 159 Å². The molecule has 154 valence electrons. The van der Waals surface area contributed by atoms with Gasteiger partial charge in [0.05, 0.1) is 33.4 Å². The minimum Gasteiger partial charge on any atom is -0.478 e. The molecule has 0 unspecified atom stereocenters. The number of ether oxygens (including phenoxy) is 1. The summed E-state index contributed by atoms with van der Waals surface area (Å²) >= 11 is 0. The highest BCUT2D eigenvalue weighted by molar-refractivity contribution is 6.23. The maximum absolute atomic E-state index is 12.3. The quantitative estimate of drug-likeness (QED) is 0.292. The van der Waals surface area contributed by atoms with E-state index in [0.29, 0.717) is 0 Å². The number of carbonyl (C=O) groups excluding carboxylic acids is 2. The van der Waals surface area contributed by atoms with Gasteiger partial charge >= 0.3 is 41.8 Å². The monoisotopic (exact) mass is 412 g/mol. The number of hydrogen-bond donors (Lipinski definition) is 5. The highest BCUT2D eigenvalue weighted by Gasteiger charge is 2.41. The zero-order valence-electron chi connectivity index (χ0n) is 14.4. The molecule has 0 saturated heterocycles. The van der Waals surface area contributed by atoms with Gasteiger partial charge in [0.2, 0.25) is 0 Å². The molecule has 13 heteroatoms. The van der Waals surface area contributed by atoms with Gasteiger partial charge in [0.15, 0.2) is 0 Å². The van der Waals surface area contributed by atoms with Crippen molar-refractivity contribution in [1.29, 1.82) is 0 Å². The largest absolute Gasteiger partial charge is 0.478 e. The summed E-state index contributed by atoms with van der Waals surface area (Å²) in [4.78, 5) is 81.6. The predicted octanol–water partition coefficient (Wildman–Crippen LogP) is 0.661. The van der Waals surface area contributed by atoms with Crippen LogP contribution in [0.1, 0.15) is 81.9 Å². The number of carbonyl (C=O) groups is 7. The van der Waals surface area contributed by atoms with Crippen LogP contribution in [-0.4, -0.2) is 67.3 Å². The summed E-state index contributed by atoms with van der Waals surface area (Å²) < 4.78 is 4.29. The van der Waals surface area contributed by atoms with E-state index in [9.17, 15) is 59.1 Å². The number of benzene rings is 1. The average molecular weight is 412 g/mol. The highest BCUT2D eigenvalue weighted by atomic mass is 16.6. The van der Waals surface area contributed by atoms with Gasteiger partial charge in [-0.25, -0.2) is 28.8 Å². The molecule has 13 nitrogen and oxygen atoms in total. The van der Waals surface area contributed by atoms with Crippen LogP contribution < -0.4 is 0 Å². The zero-order valence-corrected chi connectivity index (χ0v) is 14.4. The third-order valence-corrected chi connectivity index (χ3v) is 3.43. The molecule has 1 aromatic rings. The molecule has 0 fully saturated rings. The molecule has 0 bridgehead atoms. The van der Waals surface area contributed by atoms with Crippen LogP contribution in [0.25, 0.3) is 0 Å². The van der Waals surface area contributed by atoms with E-state index in [1.807, 2.05) is 0 Å². The van der Waals surface area contributed by atoms with E-state index in [4.69, 9.17) is 0 Å². The lowest BCUT2D eigenvalue weighted by atomic mass is 9.86. The van der Waals surface area contributed by atoms with E-state index in [-0.39, 0.29) is 12.8 Å². The van der Waals surface area contributed by atoms with Gasteiger partial charge in [0.1, 0.15) is 0 Å². The molecule has 29 heavy (non-hydrogen) atoms. The molecule has 0 aromatic heterocycles. The van der Waals surface area contributed by atoms with Crippen LogP contribution in [0, 0.1) is 0 Å². The van der Waals surface area contributed by atoms with Crippen LogP contribution in [0.15, 0.2) is 0 Å². The molecule has 0 spiro atoms. The van der Waals surface area contributed by atoms with Crippen LogP contribution in [0.3, 0.4) is 0 Å². The molecule has 5 N–H and O–H groups in total. The van der Waals surface area contributed by atoms with E-state index >= 15 is 0 Å². The third kappa shape index (κ3) is 4.35. The van der Waals surface area contributed by atoms with Gasteiger partial charge in [0, 0.05) is 6.42 Å². The van der Waals surface area contributed by atoms with Crippen molar-refractivity contribution < 1.29 is 63.8 Å². The van der Waals surface area contributed by atoms with Gasteiger partial charge in [-0.2, -0.15) is 0 Å². The molecule has 0 atom stereocenters. The molecule has 0 radical (unpaired) electrons. The minimum absolute atomic E-state index is 0.169. The van der Waals surface area contributed by atoms with Gasteiger partial charge < -0.3 is 30.3 Å². The van der Waals surface area contributed by atoms with Gasteiger partial charge in [0.25, 0.3) is 0 Å². The first kappa shape index (κ1) is 22.8. The Morgan fingerprint density at radius 3 is 1.10 bits per heavy atom. The van der Waals surface area contributed by atoms with Crippen LogP contribution in [-0.2, 0) is 9.53 Å². The Kier molecular flexibility index (Phi) is 6.75. The Bertz CT molecular complexity index is 917. The molecule has 0 aliphatic carbocycles. The van der Waals surface area contributed by atoms with Crippen LogP contribution in [0.5, 0.6) is 0 Å². The minimum atomic E-state index is -2.27. The molecule has 1 rings (SSSR count). The van der Waals surface area contributed by atoms with Crippen molar-refractivity contribution in [2.75, 3.05) is 0 Å². The number of hydrogen-bond acceptors (Lipinski definition) is 8. The summed E-state index contributed by atoms with van der Waals surface area (Å²) in [6.07, 6.45) is -0.191. The van der Waals surface area contributed by atoms with Gasteiger partial charge in [-0.15, -0.1) is 0 Å². The fraction of sp³-hybridized carbons (Fsp3) is 0.188. The number of rotatable bonds is 8. The summed E-state index contributed by atoms with van der Waals surface area (Å²) in [7, 11) is 0. The molecule has 0 aliphatic heterocycles. The number of aromatic carboxylic acids is 5. The maximum Gasteiger partial charge on any atom is 0.347 e. The van der Waals surface area contributed by atoms with Crippen molar-refractivity contribution in [1.82, 2.24) is 0 Å². The van der Waals surface area contributed by atoms with Crippen molar-refractivity contribution >= 4 is 41.8 Å². The smallest absolute Gasteiger partial charge is 0.347 e. The maximum atomic E-state index is 12.3. The molecular weight excluding hydrogens is 400 g/mol. The Morgan fingerprint density at radius 2 is 0.862 bits per heavy atom. The van der Waals surface area contributed by atoms with Crippen molar-refractivity contribution in [2.45, 2.75) is 19.8 Å². The molecule has 0 aliphatic rings. The predicted molar refractivity (Wildman–Crippen MR) is 86.6 cm³/mol.